The number of thiophene rings is 1. The second-order valence-electron chi connectivity index (χ2n) is 7.54. The molecule has 0 saturated carbocycles. The van der Waals surface area contributed by atoms with Crippen LogP contribution in [0.15, 0.2) is 66.0 Å². The second kappa shape index (κ2) is 8.28. The molecule has 2 aromatic carbocycles. The van der Waals surface area contributed by atoms with Crippen LogP contribution in [0.2, 0.25) is 0 Å². The summed E-state index contributed by atoms with van der Waals surface area (Å²) in [5.74, 6) is -0.173. The Morgan fingerprint density at radius 3 is 2.41 bits per heavy atom. The number of amides is 3. The zero-order valence-electron chi connectivity index (χ0n) is 17.1. The summed E-state index contributed by atoms with van der Waals surface area (Å²) >= 11 is 1.69. The van der Waals surface area contributed by atoms with Crippen LogP contribution >= 0.6 is 11.3 Å². The summed E-state index contributed by atoms with van der Waals surface area (Å²) in [5.41, 5.74) is 10.9. The molecule has 158 valence electrons. The summed E-state index contributed by atoms with van der Waals surface area (Å²) in [6.07, 6.45) is 3.79. The lowest BCUT2D eigenvalue weighted by atomic mass is 10.00. The molecule has 7 heteroatoms. The van der Waals surface area contributed by atoms with Crippen LogP contribution in [0.1, 0.15) is 32.9 Å². The highest BCUT2D eigenvalue weighted by Gasteiger charge is 2.27. The summed E-state index contributed by atoms with van der Waals surface area (Å²) in [4.78, 5) is 30.5. The Bertz CT molecular complexity index is 1360. The van der Waals surface area contributed by atoms with E-state index in [1.165, 1.54) is 4.88 Å². The van der Waals surface area contributed by atoms with Gasteiger partial charge in [-0.2, -0.15) is 0 Å². The Hall–Kier alpha value is -3.97. The van der Waals surface area contributed by atoms with Crippen molar-refractivity contribution in [1.29, 1.82) is 0 Å². The molecule has 0 bridgehead atoms. The van der Waals surface area contributed by atoms with E-state index in [1.807, 2.05) is 30.3 Å². The van der Waals surface area contributed by atoms with Crippen molar-refractivity contribution in [3.05, 3.63) is 87.7 Å². The largest absolute Gasteiger partial charge is 0.351 e. The van der Waals surface area contributed by atoms with Crippen molar-refractivity contribution in [1.82, 2.24) is 4.98 Å². The van der Waals surface area contributed by atoms with Crippen LogP contribution in [0.4, 0.5) is 16.2 Å². The number of para-hydroxylation sites is 1. The van der Waals surface area contributed by atoms with Crippen LogP contribution in [0.25, 0.3) is 22.6 Å². The Morgan fingerprint density at radius 2 is 1.69 bits per heavy atom. The highest BCUT2D eigenvalue weighted by Crippen LogP contribution is 2.38. The van der Waals surface area contributed by atoms with Gasteiger partial charge in [0, 0.05) is 21.6 Å². The normalized spacial score (nSPS) is 13.8. The number of carbonyl (C=O) groups is 2. The molecule has 0 radical (unpaired) electrons. The van der Waals surface area contributed by atoms with Gasteiger partial charge in [0.15, 0.2) is 0 Å². The van der Waals surface area contributed by atoms with Gasteiger partial charge in [0.05, 0.1) is 16.8 Å². The van der Waals surface area contributed by atoms with Gasteiger partial charge in [0.25, 0.3) is 5.91 Å². The molecule has 1 aliphatic carbocycles. The number of fused-ring (bicyclic) bond motifs is 2. The van der Waals surface area contributed by atoms with Gasteiger partial charge in [-0.15, -0.1) is 11.3 Å². The lowest BCUT2D eigenvalue weighted by Crippen LogP contribution is -2.19. The predicted molar refractivity (Wildman–Crippen MR) is 130 cm³/mol. The van der Waals surface area contributed by atoms with E-state index in [9.17, 15) is 9.59 Å². The van der Waals surface area contributed by atoms with Crippen LogP contribution in [0.5, 0.6) is 0 Å². The lowest BCUT2D eigenvalue weighted by molar-refractivity contribution is 0.102. The standard InChI is InChI=1S/C25H20N4O2S/c26-25(31)28-17-10-8-16(9-11-17)27-24(30)22-19-5-1-2-6-21(19)29-23-15(7-12-20(22)23)14-18-4-3-13-32-18/h1-6,8-11,13-14H,7,12H2,(H,27,30)(H3,26,28,31)/b15-14+. The molecule has 0 aliphatic heterocycles. The van der Waals surface area contributed by atoms with Crippen LogP contribution < -0.4 is 16.4 Å². The number of nitrogens with two attached hydrogens (primary N) is 1. The van der Waals surface area contributed by atoms with Crippen LogP contribution in [0.3, 0.4) is 0 Å². The van der Waals surface area contributed by atoms with Crippen molar-refractivity contribution in [3.8, 4) is 0 Å². The Morgan fingerprint density at radius 1 is 0.938 bits per heavy atom. The van der Waals surface area contributed by atoms with E-state index < -0.39 is 6.03 Å². The number of benzene rings is 2. The maximum atomic E-state index is 13.4. The number of nitrogens with one attached hydrogen (secondary N) is 2. The molecule has 1 aliphatic rings. The highest BCUT2D eigenvalue weighted by atomic mass is 32.1. The second-order valence-corrected chi connectivity index (χ2v) is 8.52. The van der Waals surface area contributed by atoms with Gasteiger partial charge in [0.2, 0.25) is 0 Å². The van der Waals surface area contributed by atoms with Crippen molar-refractivity contribution in [2.45, 2.75) is 12.8 Å². The number of urea groups is 1. The minimum atomic E-state index is -0.632. The van der Waals surface area contributed by atoms with Crippen molar-refractivity contribution < 1.29 is 9.59 Å². The molecule has 2 heterocycles. The summed E-state index contributed by atoms with van der Waals surface area (Å²) in [6.45, 7) is 0. The van der Waals surface area contributed by atoms with Crippen LogP contribution in [-0.4, -0.2) is 16.9 Å². The molecular weight excluding hydrogens is 420 g/mol. The molecular formula is C25H20N4O2S. The summed E-state index contributed by atoms with van der Waals surface area (Å²) in [6, 6.07) is 18.1. The Kier molecular flexibility index (Phi) is 5.17. The fourth-order valence-electron chi connectivity index (χ4n) is 4.06. The number of rotatable bonds is 4. The maximum Gasteiger partial charge on any atom is 0.316 e. The SMILES string of the molecule is NC(=O)Nc1ccc(NC(=O)c2c3c(nc4ccccc24)/C(=C/c2cccs2)CC3)cc1. The van der Waals surface area contributed by atoms with Crippen molar-refractivity contribution >= 4 is 57.2 Å². The third kappa shape index (κ3) is 3.86. The predicted octanol–water partition coefficient (Wildman–Crippen LogP) is 5.53. The molecule has 3 amide bonds. The van der Waals surface area contributed by atoms with Gasteiger partial charge in [-0.1, -0.05) is 24.3 Å². The number of carbonyl (C=O) groups excluding carboxylic acids is 2. The Labute approximate surface area is 188 Å². The molecule has 0 spiro atoms. The number of allylic oxidation sites excluding steroid dienone is 1. The number of hydrogen-bond acceptors (Lipinski definition) is 4. The van der Waals surface area contributed by atoms with Crippen molar-refractivity contribution in [2.75, 3.05) is 10.6 Å². The van der Waals surface area contributed by atoms with Gasteiger partial charge < -0.3 is 16.4 Å². The van der Waals surface area contributed by atoms with E-state index in [1.54, 1.807) is 35.6 Å². The van der Waals surface area contributed by atoms with Gasteiger partial charge in [-0.05, 0) is 71.8 Å². The molecule has 0 saturated heterocycles. The fourth-order valence-corrected chi connectivity index (χ4v) is 4.74. The van der Waals surface area contributed by atoms with E-state index in [2.05, 4.69) is 28.2 Å². The molecule has 0 unspecified atom stereocenters. The van der Waals surface area contributed by atoms with Gasteiger partial charge >= 0.3 is 6.03 Å². The molecule has 0 atom stereocenters. The van der Waals surface area contributed by atoms with Crippen LogP contribution in [-0.2, 0) is 6.42 Å². The van der Waals surface area contributed by atoms with Crippen molar-refractivity contribution in [2.24, 2.45) is 5.73 Å². The molecule has 6 nitrogen and oxygen atoms in total. The number of aromatic nitrogens is 1. The molecule has 5 rings (SSSR count). The third-order valence-corrected chi connectivity index (χ3v) is 6.26. The summed E-state index contributed by atoms with van der Waals surface area (Å²) < 4.78 is 0. The van der Waals surface area contributed by atoms with Gasteiger partial charge in [0.1, 0.15) is 0 Å². The third-order valence-electron chi connectivity index (χ3n) is 5.44. The van der Waals surface area contributed by atoms with E-state index in [-0.39, 0.29) is 5.91 Å². The first-order valence-electron chi connectivity index (χ1n) is 10.2. The van der Waals surface area contributed by atoms with E-state index in [4.69, 9.17) is 10.7 Å². The monoisotopic (exact) mass is 440 g/mol. The highest BCUT2D eigenvalue weighted by molar-refractivity contribution is 7.10. The smallest absolute Gasteiger partial charge is 0.316 e. The van der Waals surface area contributed by atoms with Crippen LogP contribution in [0, 0.1) is 0 Å². The molecule has 0 fully saturated rings. The minimum Gasteiger partial charge on any atom is -0.351 e. The van der Waals surface area contributed by atoms with E-state index in [0.29, 0.717) is 16.9 Å². The van der Waals surface area contributed by atoms with Crippen molar-refractivity contribution in [3.63, 3.8) is 0 Å². The quantitative estimate of drug-likeness (QED) is 0.389. The minimum absolute atomic E-state index is 0.173. The summed E-state index contributed by atoms with van der Waals surface area (Å²) in [5, 5.41) is 8.40. The van der Waals surface area contributed by atoms with Gasteiger partial charge in [-0.25, -0.2) is 9.78 Å². The first kappa shape index (κ1) is 20.0. The molecule has 2 aromatic heterocycles. The molecule has 4 aromatic rings. The topological polar surface area (TPSA) is 97.1 Å². The average molecular weight is 441 g/mol. The number of pyridine rings is 1. The zero-order chi connectivity index (χ0) is 22.1. The van der Waals surface area contributed by atoms with E-state index in [0.717, 1.165) is 40.6 Å². The van der Waals surface area contributed by atoms with E-state index >= 15 is 0 Å². The number of anilines is 2. The molecule has 32 heavy (non-hydrogen) atoms. The average Bonchev–Trinajstić information content (AvgIpc) is 3.43. The summed E-state index contributed by atoms with van der Waals surface area (Å²) in [7, 11) is 0. The maximum absolute atomic E-state index is 13.4. The number of hydrogen-bond donors (Lipinski definition) is 3. The first-order valence-corrected chi connectivity index (χ1v) is 11.1. The fraction of sp³-hybridized carbons (Fsp3) is 0.0800. The Balaban J connectivity index is 1.53. The number of nitrogens with zero attached hydrogens (tertiary/aromatic N) is 1. The molecule has 4 N–H and O–H groups in total. The first-order chi connectivity index (χ1) is 15.6. The zero-order valence-corrected chi connectivity index (χ0v) is 17.9. The van der Waals surface area contributed by atoms with Gasteiger partial charge in [-0.3, -0.25) is 4.79 Å². The lowest BCUT2D eigenvalue weighted by Gasteiger charge is -2.13. The number of primary amides is 1.